The predicted molar refractivity (Wildman–Crippen MR) is 124 cm³/mol. The number of benzene rings is 1. The highest BCUT2D eigenvalue weighted by Gasteiger charge is 2.22. The zero-order valence-electron chi connectivity index (χ0n) is 18.7. The predicted octanol–water partition coefficient (Wildman–Crippen LogP) is 7.65. The second kappa shape index (κ2) is 12.2. The molecule has 2 fully saturated rings. The van der Waals surface area contributed by atoms with E-state index in [4.69, 9.17) is 4.74 Å². The molecule has 0 radical (unpaired) electrons. The summed E-state index contributed by atoms with van der Waals surface area (Å²) >= 11 is 0. The standard InChI is InChI=1S/C28H40O/c1-3-7-23-10-12-24(13-11-23)8-5-6-9-25-14-16-26(17-15-25)27-18-20-28(21-19-27)29-22-4-2/h5,8,14-17,23-24,27-28H,3-4,7,10-13,18-22H2,1-2H3/b8-5+. The van der Waals surface area contributed by atoms with Crippen molar-refractivity contribution in [2.45, 2.75) is 96.5 Å². The van der Waals surface area contributed by atoms with Crippen molar-refractivity contribution in [3.05, 3.63) is 47.5 Å². The highest BCUT2D eigenvalue weighted by molar-refractivity contribution is 5.39. The Morgan fingerprint density at radius 3 is 2.28 bits per heavy atom. The Bertz CT molecular complexity index is 659. The van der Waals surface area contributed by atoms with Crippen LogP contribution in [0.1, 0.15) is 102 Å². The molecule has 2 saturated carbocycles. The van der Waals surface area contributed by atoms with E-state index in [1.807, 2.05) is 0 Å². The second-order valence-electron chi connectivity index (χ2n) is 9.16. The van der Waals surface area contributed by atoms with Crippen molar-refractivity contribution in [3.8, 4) is 11.8 Å². The van der Waals surface area contributed by atoms with Crippen LogP contribution in [-0.2, 0) is 4.74 Å². The summed E-state index contributed by atoms with van der Waals surface area (Å²) < 4.78 is 5.93. The van der Waals surface area contributed by atoms with Crippen molar-refractivity contribution in [3.63, 3.8) is 0 Å². The fraction of sp³-hybridized carbons (Fsp3) is 0.643. The lowest BCUT2D eigenvalue weighted by atomic mass is 9.80. The van der Waals surface area contributed by atoms with E-state index in [0.29, 0.717) is 12.0 Å². The van der Waals surface area contributed by atoms with Gasteiger partial charge in [-0.3, -0.25) is 0 Å². The zero-order chi connectivity index (χ0) is 20.3. The van der Waals surface area contributed by atoms with E-state index in [1.54, 1.807) is 0 Å². The van der Waals surface area contributed by atoms with Crippen molar-refractivity contribution in [1.29, 1.82) is 0 Å². The summed E-state index contributed by atoms with van der Waals surface area (Å²) in [6.07, 6.45) is 19.2. The van der Waals surface area contributed by atoms with Gasteiger partial charge in [-0.2, -0.15) is 0 Å². The van der Waals surface area contributed by atoms with E-state index in [0.717, 1.165) is 30.4 Å². The molecule has 0 saturated heterocycles. The fourth-order valence-corrected chi connectivity index (χ4v) is 5.07. The quantitative estimate of drug-likeness (QED) is 0.433. The minimum absolute atomic E-state index is 0.491. The number of rotatable bonds is 7. The number of allylic oxidation sites excluding steroid dienone is 2. The molecule has 158 valence electrons. The Hall–Kier alpha value is -1.52. The smallest absolute Gasteiger partial charge is 0.0575 e. The van der Waals surface area contributed by atoms with E-state index < -0.39 is 0 Å². The van der Waals surface area contributed by atoms with Crippen LogP contribution in [0.15, 0.2) is 36.4 Å². The Balaban J connectivity index is 1.42. The summed E-state index contributed by atoms with van der Waals surface area (Å²) in [6, 6.07) is 8.98. The fourth-order valence-electron chi connectivity index (χ4n) is 5.07. The summed E-state index contributed by atoms with van der Waals surface area (Å²) in [7, 11) is 0. The molecule has 0 heterocycles. The van der Waals surface area contributed by atoms with Crippen molar-refractivity contribution in [2.75, 3.05) is 6.61 Å². The Morgan fingerprint density at radius 1 is 0.897 bits per heavy atom. The largest absolute Gasteiger partial charge is 0.378 e. The third kappa shape index (κ3) is 7.35. The van der Waals surface area contributed by atoms with E-state index in [2.05, 4.69) is 62.1 Å². The van der Waals surface area contributed by atoms with Gasteiger partial charge < -0.3 is 4.74 Å². The Labute approximate surface area is 179 Å². The van der Waals surface area contributed by atoms with Crippen LogP contribution in [0.25, 0.3) is 0 Å². The number of ether oxygens (including phenoxy) is 1. The molecule has 0 atom stereocenters. The summed E-state index contributed by atoms with van der Waals surface area (Å²) in [4.78, 5) is 0. The molecule has 1 aromatic carbocycles. The van der Waals surface area contributed by atoms with Gasteiger partial charge in [0, 0.05) is 12.2 Å². The molecule has 0 bridgehead atoms. The van der Waals surface area contributed by atoms with E-state index in [9.17, 15) is 0 Å². The van der Waals surface area contributed by atoms with Crippen molar-refractivity contribution < 1.29 is 4.74 Å². The first kappa shape index (κ1) is 22.2. The summed E-state index contributed by atoms with van der Waals surface area (Å²) in [5.74, 6) is 9.00. The lowest BCUT2D eigenvalue weighted by Gasteiger charge is -2.28. The lowest BCUT2D eigenvalue weighted by molar-refractivity contribution is 0.0251. The second-order valence-corrected chi connectivity index (χ2v) is 9.16. The van der Waals surface area contributed by atoms with Crippen LogP contribution in [0, 0.1) is 23.7 Å². The van der Waals surface area contributed by atoms with Crippen molar-refractivity contribution in [1.82, 2.24) is 0 Å². The van der Waals surface area contributed by atoms with Gasteiger partial charge in [-0.15, -0.1) is 0 Å². The van der Waals surface area contributed by atoms with Gasteiger partial charge in [0.15, 0.2) is 0 Å². The SMILES string of the molecule is CCCOC1CCC(c2ccc(C#C/C=C/C3CCC(CCC)CC3)cc2)CC1. The topological polar surface area (TPSA) is 9.23 Å². The molecule has 1 nitrogen and oxygen atoms in total. The molecule has 3 rings (SSSR count). The Kier molecular flexibility index (Phi) is 9.36. The lowest BCUT2D eigenvalue weighted by Crippen LogP contribution is -2.21. The number of hydrogen-bond donors (Lipinski definition) is 0. The molecular weight excluding hydrogens is 352 g/mol. The first-order chi connectivity index (χ1) is 14.3. The third-order valence-corrected chi connectivity index (χ3v) is 6.87. The summed E-state index contributed by atoms with van der Waals surface area (Å²) in [6.45, 7) is 5.41. The molecule has 1 heteroatoms. The first-order valence-electron chi connectivity index (χ1n) is 12.2. The maximum absolute atomic E-state index is 5.93. The molecule has 1 aromatic rings. The van der Waals surface area contributed by atoms with Gasteiger partial charge in [-0.05, 0) is 99.3 Å². The molecule has 0 N–H and O–H groups in total. The first-order valence-corrected chi connectivity index (χ1v) is 12.2. The summed E-state index contributed by atoms with van der Waals surface area (Å²) in [5, 5.41) is 0. The average molecular weight is 393 g/mol. The van der Waals surface area contributed by atoms with Crippen molar-refractivity contribution >= 4 is 0 Å². The number of hydrogen-bond acceptors (Lipinski definition) is 1. The van der Waals surface area contributed by atoms with E-state index in [1.165, 1.54) is 69.8 Å². The van der Waals surface area contributed by atoms with E-state index in [-0.39, 0.29) is 0 Å². The molecule has 0 aliphatic heterocycles. The zero-order valence-corrected chi connectivity index (χ0v) is 18.7. The minimum atomic E-state index is 0.491. The monoisotopic (exact) mass is 392 g/mol. The molecule has 2 aliphatic carbocycles. The maximum atomic E-state index is 5.93. The molecule has 0 aromatic heterocycles. The van der Waals surface area contributed by atoms with Crippen LogP contribution in [0.2, 0.25) is 0 Å². The van der Waals surface area contributed by atoms with Crippen LogP contribution in [0.5, 0.6) is 0 Å². The minimum Gasteiger partial charge on any atom is -0.378 e. The molecule has 0 amide bonds. The third-order valence-electron chi connectivity index (χ3n) is 6.87. The van der Waals surface area contributed by atoms with Gasteiger partial charge in [0.2, 0.25) is 0 Å². The van der Waals surface area contributed by atoms with Crippen LogP contribution >= 0.6 is 0 Å². The highest BCUT2D eigenvalue weighted by Crippen LogP contribution is 2.34. The van der Waals surface area contributed by atoms with Crippen LogP contribution in [0.4, 0.5) is 0 Å². The van der Waals surface area contributed by atoms with Crippen molar-refractivity contribution in [2.24, 2.45) is 11.8 Å². The maximum Gasteiger partial charge on any atom is 0.0575 e. The van der Waals surface area contributed by atoms with E-state index >= 15 is 0 Å². The van der Waals surface area contributed by atoms with Gasteiger partial charge in [0.1, 0.15) is 0 Å². The normalized spacial score (nSPS) is 27.5. The highest BCUT2D eigenvalue weighted by atomic mass is 16.5. The van der Waals surface area contributed by atoms with Crippen LogP contribution in [0.3, 0.4) is 0 Å². The summed E-state index contributed by atoms with van der Waals surface area (Å²) in [5.41, 5.74) is 2.61. The average Bonchev–Trinajstić information content (AvgIpc) is 2.77. The molecule has 0 unspecified atom stereocenters. The molecular formula is C28H40O. The molecule has 2 aliphatic rings. The van der Waals surface area contributed by atoms with Crippen LogP contribution in [-0.4, -0.2) is 12.7 Å². The van der Waals surface area contributed by atoms with Crippen LogP contribution < -0.4 is 0 Å². The van der Waals surface area contributed by atoms with Gasteiger partial charge in [-0.1, -0.05) is 56.7 Å². The van der Waals surface area contributed by atoms with Gasteiger partial charge >= 0.3 is 0 Å². The molecule has 0 spiro atoms. The Morgan fingerprint density at radius 2 is 1.62 bits per heavy atom. The van der Waals surface area contributed by atoms with Gasteiger partial charge in [0.25, 0.3) is 0 Å². The van der Waals surface area contributed by atoms with Gasteiger partial charge in [-0.25, -0.2) is 0 Å². The van der Waals surface area contributed by atoms with Gasteiger partial charge in [0.05, 0.1) is 6.10 Å². The molecule has 29 heavy (non-hydrogen) atoms.